The number of aromatic nitrogens is 3. The molecule has 3 atom stereocenters. The number of para-hydroxylation sites is 1. The molecule has 4 amide bonds. The minimum Gasteiger partial charge on any atom is -0.460 e. The second kappa shape index (κ2) is 24.9. The van der Waals surface area contributed by atoms with Gasteiger partial charge in [-0.3, -0.25) is 28.7 Å². The fourth-order valence-electron chi connectivity index (χ4n) is 7.75. The Balaban J connectivity index is 1.56. The van der Waals surface area contributed by atoms with Crippen molar-refractivity contribution in [1.82, 2.24) is 40.7 Å². The third-order valence-corrected chi connectivity index (χ3v) is 13.4. The largest absolute Gasteiger partial charge is 0.460 e. The van der Waals surface area contributed by atoms with Crippen molar-refractivity contribution in [3.63, 3.8) is 0 Å². The van der Waals surface area contributed by atoms with Crippen LogP contribution >= 0.6 is 39.3 Å². The first-order chi connectivity index (χ1) is 33.3. The number of unbranched alkanes of at least 4 members (excludes halogenated alkanes) is 2. The van der Waals surface area contributed by atoms with Gasteiger partial charge in [-0.1, -0.05) is 63.9 Å². The number of halogens is 2. The third kappa shape index (κ3) is 17.2. The van der Waals surface area contributed by atoms with Crippen LogP contribution in [0.5, 0.6) is 0 Å². The molecular weight excluding hydrogens is 1020 g/mol. The molecule has 0 radical (unpaired) electrons. The van der Waals surface area contributed by atoms with Crippen LogP contribution in [0.4, 0.5) is 9.59 Å². The number of hydrogen-bond donors (Lipinski definition) is 4. The summed E-state index contributed by atoms with van der Waals surface area (Å²) >= 11 is 11.8. The van der Waals surface area contributed by atoms with Gasteiger partial charge in [0.1, 0.15) is 33.9 Å². The van der Waals surface area contributed by atoms with E-state index >= 15 is 4.79 Å². The summed E-state index contributed by atoms with van der Waals surface area (Å²) in [5.74, 6) is -1.89. The Morgan fingerprint density at radius 2 is 1.49 bits per heavy atom. The van der Waals surface area contributed by atoms with E-state index in [1.54, 1.807) is 105 Å². The molecule has 0 saturated heterocycles. The Kier molecular flexibility index (Phi) is 19.9. The predicted molar refractivity (Wildman–Crippen MR) is 276 cm³/mol. The number of rotatable bonds is 12. The average molecular weight is 1080 g/mol. The van der Waals surface area contributed by atoms with Crippen LogP contribution in [0.15, 0.2) is 69.4 Å². The van der Waals surface area contributed by atoms with E-state index in [0.29, 0.717) is 72.8 Å². The van der Waals surface area contributed by atoms with Crippen molar-refractivity contribution in [2.75, 3.05) is 13.6 Å². The van der Waals surface area contributed by atoms with Crippen LogP contribution in [0, 0.1) is 0 Å². The molecule has 17 nitrogen and oxygen atoms in total. The van der Waals surface area contributed by atoms with Gasteiger partial charge in [-0.05, 0) is 118 Å². The predicted octanol–water partition coefficient (Wildman–Crippen LogP) is 9.02. The number of amides is 4. The minimum atomic E-state index is -1.17. The summed E-state index contributed by atoms with van der Waals surface area (Å²) in [7, 11) is 1.52. The van der Waals surface area contributed by atoms with Crippen molar-refractivity contribution in [3.8, 4) is 0 Å². The number of nitrogens with one attached hydrogen (secondary N) is 4. The maximum atomic E-state index is 15.1. The fourth-order valence-corrected chi connectivity index (χ4v) is 9.67. The molecular formula is C51H68BrClN8O9S. The van der Waals surface area contributed by atoms with Gasteiger partial charge >= 0.3 is 18.2 Å². The highest BCUT2D eigenvalue weighted by Crippen LogP contribution is 2.39. The summed E-state index contributed by atoms with van der Waals surface area (Å²) in [6, 6.07) is 7.58. The molecule has 0 fully saturated rings. The lowest BCUT2D eigenvalue weighted by Gasteiger charge is -2.32. The zero-order valence-corrected chi connectivity index (χ0v) is 45.5. The van der Waals surface area contributed by atoms with E-state index in [1.165, 1.54) is 28.3 Å². The molecule has 386 valence electrons. The number of carbonyl (C=O) groups is 6. The molecule has 4 aromatic rings. The molecule has 0 unspecified atom stereocenters. The van der Waals surface area contributed by atoms with Crippen molar-refractivity contribution in [1.29, 1.82) is 0 Å². The van der Waals surface area contributed by atoms with E-state index in [2.05, 4.69) is 47.2 Å². The summed E-state index contributed by atoms with van der Waals surface area (Å²) in [5, 5.41) is 13.8. The van der Waals surface area contributed by atoms with Crippen molar-refractivity contribution in [2.24, 2.45) is 0 Å². The second-order valence-corrected chi connectivity index (χ2v) is 22.7. The van der Waals surface area contributed by atoms with Crippen LogP contribution in [-0.4, -0.2) is 104 Å². The fraction of sp³-hybridized carbons (Fsp3) is 0.529. The lowest BCUT2D eigenvalue weighted by atomic mass is 10.0. The van der Waals surface area contributed by atoms with Crippen LogP contribution < -0.4 is 21.3 Å². The van der Waals surface area contributed by atoms with Crippen molar-refractivity contribution >= 4 is 86.1 Å². The smallest absolute Gasteiger partial charge is 0.419 e. The molecule has 0 spiro atoms. The first kappa shape index (κ1) is 56.7. The zero-order chi connectivity index (χ0) is 52.3. The number of esters is 1. The van der Waals surface area contributed by atoms with Gasteiger partial charge in [0.25, 0.3) is 0 Å². The maximum absolute atomic E-state index is 15.1. The van der Waals surface area contributed by atoms with Gasteiger partial charge in [0.2, 0.25) is 17.7 Å². The van der Waals surface area contributed by atoms with Gasteiger partial charge in [-0.2, -0.15) is 0 Å². The highest BCUT2D eigenvalue weighted by atomic mass is 79.9. The Hall–Kier alpha value is -5.24. The number of benzene rings is 2. The number of carbonyl (C=O) groups excluding carboxylic acids is 6. The van der Waals surface area contributed by atoms with Gasteiger partial charge in [-0.25, -0.2) is 14.6 Å². The molecule has 0 bridgehead atoms. The normalized spacial score (nSPS) is 17.6. The minimum absolute atomic E-state index is 0.00939. The zero-order valence-electron chi connectivity index (χ0n) is 42.3. The first-order valence-electron chi connectivity index (χ1n) is 23.8. The van der Waals surface area contributed by atoms with Gasteiger partial charge in [0.05, 0.1) is 22.3 Å². The first-order valence-corrected chi connectivity index (χ1v) is 25.8. The Morgan fingerprint density at radius 3 is 2.20 bits per heavy atom. The highest BCUT2D eigenvalue weighted by molar-refractivity contribution is 9.10. The molecule has 0 aliphatic carbocycles. The van der Waals surface area contributed by atoms with Crippen molar-refractivity contribution in [3.05, 3.63) is 81.3 Å². The molecule has 5 rings (SSSR count). The summed E-state index contributed by atoms with van der Waals surface area (Å²) in [4.78, 5) is 94.5. The average Bonchev–Trinajstić information content (AvgIpc) is 3.64. The third-order valence-electron chi connectivity index (χ3n) is 11.0. The van der Waals surface area contributed by atoms with Gasteiger partial charge in [0, 0.05) is 78.4 Å². The van der Waals surface area contributed by atoms with Crippen LogP contribution in [0.3, 0.4) is 0 Å². The summed E-state index contributed by atoms with van der Waals surface area (Å²) < 4.78 is 18.7. The van der Waals surface area contributed by atoms with E-state index in [4.69, 9.17) is 25.8 Å². The number of ether oxygens (including phenoxy) is 3. The number of nitrogens with zero attached hydrogens (tertiary/aromatic N) is 4. The summed E-state index contributed by atoms with van der Waals surface area (Å²) in [6.45, 7) is 16.4. The topological polar surface area (TPSA) is 212 Å². The number of hydrogen-bond acceptors (Lipinski definition) is 13. The SMILES string of the molecule is CN1C(=O)[C@H](CCCCNC(=O)OC(C)(C)C)NC(=O)[C@H](CCCCC(=O)OC(C)(C)C)NCc2nccnc2Sc2c(Cl)ccc(Br)c2CNC(=O)[C@@H]1Cc1cn(C(=O)OC(C)(C)C)c2ccccc12. The monoisotopic (exact) mass is 1080 g/mol. The maximum Gasteiger partial charge on any atom is 0.419 e. The number of likely N-dealkylation sites (N-methyl/N-ethyl adjacent to an activating group) is 1. The summed E-state index contributed by atoms with van der Waals surface area (Å²) in [6.07, 6.45) is 5.81. The molecule has 1 aliphatic heterocycles. The summed E-state index contributed by atoms with van der Waals surface area (Å²) in [5.41, 5.74) is 0.189. The van der Waals surface area contributed by atoms with Crippen LogP contribution in [0.1, 0.15) is 124 Å². The number of alkyl carbamates (subject to hydrolysis) is 1. The Morgan fingerprint density at radius 1 is 0.831 bits per heavy atom. The molecule has 2 aromatic heterocycles. The molecule has 20 heteroatoms. The van der Waals surface area contributed by atoms with Crippen molar-refractivity contribution < 1.29 is 43.0 Å². The highest BCUT2D eigenvalue weighted by Gasteiger charge is 2.35. The molecule has 3 heterocycles. The van der Waals surface area contributed by atoms with Crippen LogP contribution in [0.2, 0.25) is 5.02 Å². The van der Waals surface area contributed by atoms with E-state index in [-0.39, 0.29) is 51.3 Å². The number of fused-ring (bicyclic) bond motifs is 3. The molecule has 4 N–H and O–H groups in total. The lowest BCUT2D eigenvalue weighted by molar-refractivity contribution is -0.155. The standard InChI is InChI=1S/C51H68BrClN8O9S/c1-49(2,3)68-41(62)21-14-12-18-36-43(63)59-37(19-15-16-24-56-47(66)69-50(4,5)6)46(65)60(10)40(27-31-30-61(48(67)70-51(7,8)9)39-20-13-11-17-32(31)39)44(64)58-28-33-34(52)22-23-35(53)42(33)71-45-38(29-57-36)54-25-26-55-45/h11,13,17,20,22-23,25-26,30,36-37,40,57H,12,14-16,18-19,21,24,27-29H2,1-10H3,(H,56,66)(H,58,64)(H,59,63)/t36-,37-,40-/m0/s1. The Bertz CT molecular complexity index is 2560. The quantitative estimate of drug-likeness (QED) is 0.0593. The second-order valence-electron chi connectivity index (χ2n) is 20.4. The molecule has 1 aliphatic rings. The van der Waals surface area contributed by atoms with E-state index in [1.807, 2.05) is 12.1 Å². The van der Waals surface area contributed by atoms with E-state index < -0.39 is 64.8 Å². The van der Waals surface area contributed by atoms with Crippen molar-refractivity contribution in [2.45, 2.75) is 172 Å². The van der Waals surface area contributed by atoms with E-state index in [0.717, 1.165) is 0 Å². The molecule has 71 heavy (non-hydrogen) atoms. The lowest BCUT2D eigenvalue weighted by Crippen LogP contribution is -2.57. The van der Waals surface area contributed by atoms with E-state index in [9.17, 15) is 24.0 Å². The molecule has 0 saturated carbocycles. The van der Waals surface area contributed by atoms with Gasteiger partial charge < -0.3 is 40.4 Å². The van der Waals surface area contributed by atoms with Crippen LogP contribution in [0.25, 0.3) is 10.9 Å². The van der Waals surface area contributed by atoms with Gasteiger partial charge in [0.15, 0.2) is 0 Å². The van der Waals surface area contributed by atoms with Crippen LogP contribution in [-0.2, 0) is 52.9 Å². The van der Waals surface area contributed by atoms with Gasteiger partial charge in [-0.15, -0.1) is 0 Å². The Labute approximate surface area is 434 Å². The molecule has 2 aromatic carbocycles.